The summed E-state index contributed by atoms with van der Waals surface area (Å²) in [4.78, 5) is 2.55. The van der Waals surface area contributed by atoms with Crippen LogP contribution >= 0.6 is 15.9 Å². The Labute approximate surface area is 95.9 Å². The Morgan fingerprint density at radius 1 is 1.64 bits per heavy atom. The lowest BCUT2D eigenvalue weighted by Gasteiger charge is -2.20. The van der Waals surface area contributed by atoms with Crippen molar-refractivity contribution in [2.24, 2.45) is 5.92 Å². The van der Waals surface area contributed by atoms with Gasteiger partial charge in [0.1, 0.15) is 0 Å². The number of rotatable bonds is 5. The summed E-state index contributed by atoms with van der Waals surface area (Å²) in [6.45, 7) is 12.9. The smallest absolute Gasteiger partial charge is 0.0265 e. The third-order valence-electron chi connectivity index (χ3n) is 2.80. The van der Waals surface area contributed by atoms with Gasteiger partial charge in [-0.25, -0.2) is 0 Å². The topological polar surface area (TPSA) is 15.3 Å². The van der Waals surface area contributed by atoms with Crippen molar-refractivity contribution < 1.29 is 0 Å². The van der Waals surface area contributed by atoms with E-state index in [2.05, 4.69) is 46.6 Å². The molecule has 82 valence electrons. The number of hydrogen-bond donors (Lipinski definition) is 1. The van der Waals surface area contributed by atoms with Crippen LogP contribution < -0.4 is 5.32 Å². The first-order valence-corrected chi connectivity index (χ1v) is 6.17. The standard InChI is InChI=1S/C11H21BrN2/c1-9(2)14-5-4-11(8-14)7-13-6-10(3)12/h9,11,13H,3-8H2,1-2H3. The Morgan fingerprint density at radius 2 is 2.36 bits per heavy atom. The third-order valence-corrected chi connectivity index (χ3v) is 3.08. The van der Waals surface area contributed by atoms with E-state index in [0.717, 1.165) is 23.5 Å². The molecule has 0 aromatic heterocycles. The van der Waals surface area contributed by atoms with E-state index in [0.29, 0.717) is 6.04 Å². The van der Waals surface area contributed by atoms with Gasteiger partial charge < -0.3 is 10.2 Å². The van der Waals surface area contributed by atoms with Gasteiger partial charge in [0.05, 0.1) is 0 Å². The zero-order valence-corrected chi connectivity index (χ0v) is 10.8. The van der Waals surface area contributed by atoms with Crippen molar-refractivity contribution in [3.63, 3.8) is 0 Å². The summed E-state index contributed by atoms with van der Waals surface area (Å²) in [5, 5.41) is 3.41. The van der Waals surface area contributed by atoms with Crippen molar-refractivity contribution in [1.82, 2.24) is 10.2 Å². The van der Waals surface area contributed by atoms with E-state index < -0.39 is 0 Å². The predicted molar refractivity (Wildman–Crippen MR) is 65.8 cm³/mol. The van der Waals surface area contributed by atoms with Crippen LogP contribution in [0.4, 0.5) is 0 Å². The molecule has 1 aliphatic rings. The lowest BCUT2D eigenvalue weighted by atomic mass is 10.1. The van der Waals surface area contributed by atoms with Crippen LogP contribution in [-0.2, 0) is 0 Å². The van der Waals surface area contributed by atoms with Gasteiger partial charge >= 0.3 is 0 Å². The molecule has 0 bridgehead atoms. The third kappa shape index (κ3) is 4.11. The summed E-state index contributed by atoms with van der Waals surface area (Å²) >= 11 is 3.35. The van der Waals surface area contributed by atoms with Gasteiger partial charge in [-0.3, -0.25) is 0 Å². The predicted octanol–water partition coefficient (Wildman–Crippen LogP) is 2.21. The lowest BCUT2D eigenvalue weighted by molar-refractivity contribution is 0.264. The number of nitrogens with one attached hydrogen (secondary N) is 1. The number of likely N-dealkylation sites (tertiary alicyclic amines) is 1. The second kappa shape index (κ2) is 5.89. The molecule has 1 unspecified atom stereocenters. The van der Waals surface area contributed by atoms with E-state index in [1.165, 1.54) is 19.5 Å². The maximum Gasteiger partial charge on any atom is 0.0265 e. The maximum atomic E-state index is 3.81. The fraction of sp³-hybridized carbons (Fsp3) is 0.818. The largest absolute Gasteiger partial charge is 0.312 e. The molecule has 1 N–H and O–H groups in total. The molecule has 14 heavy (non-hydrogen) atoms. The van der Waals surface area contributed by atoms with E-state index in [-0.39, 0.29) is 0 Å². The van der Waals surface area contributed by atoms with E-state index >= 15 is 0 Å². The van der Waals surface area contributed by atoms with Gasteiger partial charge in [-0.1, -0.05) is 22.5 Å². The molecule has 1 heterocycles. The molecule has 0 saturated carbocycles. The molecule has 1 atom stereocenters. The first-order chi connectivity index (χ1) is 6.59. The first kappa shape index (κ1) is 12.2. The van der Waals surface area contributed by atoms with Crippen molar-refractivity contribution in [3.8, 4) is 0 Å². The molecular weight excluding hydrogens is 240 g/mol. The van der Waals surface area contributed by atoms with Crippen LogP contribution in [0.3, 0.4) is 0 Å². The minimum absolute atomic E-state index is 0.700. The van der Waals surface area contributed by atoms with E-state index in [1.807, 2.05) is 0 Å². The molecule has 1 aliphatic heterocycles. The van der Waals surface area contributed by atoms with Crippen molar-refractivity contribution >= 4 is 15.9 Å². The average Bonchev–Trinajstić information content (AvgIpc) is 2.52. The maximum absolute atomic E-state index is 3.81. The fourth-order valence-electron chi connectivity index (χ4n) is 1.91. The van der Waals surface area contributed by atoms with E-state index in [4.69, 9.17) is 0 Å². The summed E-state index contributed by atoms with van der Waals surface area (Å²) in [7, 11) is 0. The number of halogens is 1. The minimum atomic E-state index is 0.700. The van der Waals surface area contributed by atoms with Crippen LogP contribution in [0.2, 0.25) is 0 Å². The SMILES string of the molecule is C=C(Br)CNCC1CCN(C(C)C)C1. The summed E-state index contributed by atoms with van der Waals surface area (Å²) in [5.74, 6) is 0.823. The number of hydrogen-bond acceptors (Lipinski definition) is 2. The van der Waals surface area contributed by atoms with Crippen LogP contribution in [0.5, 0.6) is 0 Å². The minimum Gasteiger partial charge on any atom is -0.312 e. The van der Waals surface area contributed by atoms with Crippen molar-refractivity contribution in [1.29, 1.82) is 0 Å². The van der Waals surface area contributed by atoms with Gasteiger partial charge in [0.2, 0.25) is 0 Å². The highest BCUT2D eigenvalue weighted by atomic mass is 79.9. The van der Waals surface area contributed by atoms with Crippen molar-refractivity contribution in [2.75, 3.05) is 26.2 Å². The van der Waals surface area contributed by atoms with Gasteiger partial charge in [-0.2, -0.15) is 0 Å². The van der Waals surface area contributed by atoms with Gasteiger partial charge in [-0.05, 0) is 39.3 Å². The Morgan fingerprint density at radius 3 is 2.86 bits per heavy atom. The highest BCUT2D eigenvalue weighted by Crippen LogP contribution is 2.17. The molecule has 0 aliphatic carbocycles. The van der Waals surface area contributed by atoms with Crippen molar-refractivity contribution in [2.45, 2.75) is 26.3 Å². The molecule has 0 aromatic rings. The summed E-state index contributed by atoms with van der Waals surface area (Å²) in [6, 6.07) is 0.700. The zero-order valence-electron chi connectivity index (χ0n) is 9.22. The van der Waals surface area contributed by atoms with Gasteiger partial charge in [0, 0.05) is 23.6 Å². The van der Waals surface area contributed by atoms with Crippen LogP contribution in [0.1, 0.15) is 20.3 Å². The van der Waals surface area contributed by atoms with E-state index in [9.17, 15) is 0 Å². The van der Waals surface area contributed by atoms with E-state index in [1.54, 1.807) is 0 Å². The Kier molecular flexibility index (Phi) is 5.13. The Bertz CT molecular complexity index is 192. The normalized spacial score (nSPS) is 23.3. The second-order valence-corrected chi connectivity index (χ2v) is 5.51. The van der Waals surface area contributed by atoms with Gasteiger partial charge in [0.15, 0.2) is 0 Å². The summed E-state index contributed by atoms with van der Waals surface area (Å²) in [6.07, 6.45) is 1.33. The molecule has 1 fully saturated rings. The molecule has 1 saturated heterocycles. The zero-order chi connectivity index (χ0) is 10.6. The number of nitrogens with zero attached hydrogens (tertiary/aromatic N) is 1. The lowest BCUT2D eigenvalue weighted by Crippen LogP contribution is -2.30. The van der Waals surface area contributed by atoms with Crippen LogP contribution in [0.15, 0.2) is 11.1 Å². The van der Waals surface area contributed by atoms with Crippen LogP contribution in [-0.4, -0.2) is 37.1 Å². The molecule has 0 spiro atoms. The van der Waals surface area contributed by atoms with Crippen LogP contribution in [0, 0.1) is 5.92 Å². The first-order valence-electron chi connectivity index (χ1n) is 5.37. The summed E-state index contributed by atoms with van der Waals surface area (Å²) in [5.41, 5.74) is 0. The molecule has 3 heteroatoms. The highest BCUT2D eigenvalue weighted by Gasteiger charge is 2.23. The molecular formula is C11H21BrN2. The average molecular weight is 261 g/mol. The quantitative estimate of drug-likeness (QED) is 0.816. The van der Waals surface area contributed by atoms with Crippen molar-refractivity contribution in [3.05, 3.63) is 11.1 Å². The van der Waals surface area contributed by atoms with Crippen LogP contribution in [0.25, 0.3) is 0 Å². The molecule has 2 nitrogen and oxygen atoms in total. The Balaban J connectivity index is 2.13. The van der Waals surface area contributed by atoms with Gasteiger partial charge in [0.25, 0.3) is 0 Å². The summed E-state index contributed by atoms with van der Waals surface area (Å²) < 4.78 is 1.04. The highest BCUT2D eigenvalue weighted by molar-refractivity contribution is 9.11. The molecule has 0 amide bonds. The van der Waals surface area contributed by atoms with Gasteiger partial charge in [-0.15, -0.1) is 0 Å². The molecule has 0 aromatic carbocycles. The monoisotopic (exact) mass is 260 g/mol. The molecule has 1 rings (SSSR count). The fourth-order valence-corrected chi connectivity index (χ4v) is 2.11. The second-order valence-electron chi connectivity index (χ2n) is 4.39. The Hall–Kier alpha value is 0.140. The molecule has 0 radical (unpaired) electrons.